The minimum absolute atomic E-state index is 0. The molecule has 0 bridgehead atoms. The molecule has 0 saturated heterocycles. The Morgan fingerprint density at radius 2 is 2.20 bits per heavy atom. The highest BCUT2D eigenvalue weighted by Gasteiger charge is 2.40. The summed E-state index contributed by atoms with van der Waals surface area (Å²) in [5.74, 6) is -0.0264. The first-order valence-electron chi connectivity index (χ1n) is 6.91. The van der Waals surface area contributed by atoms with Gasteiger partial charge in [-0.2, -0.15) is 0 Å². The van der Waals surface area contributed by atoms with Crippen LogP contribution in [0.2, 0.25) is 0 Å². The maximum atomic E-state index is 12.2. The van der Waals surface area contributed by atoms with Crippen molar-refractivity contribution in [3.8, 4) is 0 Å². The van der Waals surface area contributed by atoms with Gasteiger partial charge in [0.2, 0.25) is 5.91 Å². The fourth-order valence-corrected chi connectivity index (χ4v) is 2.97. The Labute approximate surface area is 135 Å². The van der Waals surface area contributed by atoms with Crippen LogP contribution in [-0.2, 0) is 10.3 Å². The van der Waals surface area contributed by atoms with Crippen LogP contribution in [0, 0.1) is 0 Å². The number of halogens is 2. The van der Waals surface area contributed by atoms with Crippen molar-refractivity contribution in [3.63, 3.8) is 0 Å². The van der Waals surface area contributed by atoms with E-state index in [1.54, 1.807) is 0 Å². The predicted octanol–water partition coefficient (Wildman–Crippen LogP) is 3.49. The van der Waals surface area contributed by atoms with E-state index in [0.717, 1.165) is 36.6 Å². The van der Waals surface area contributed by atoms with E-state index >= 15 is 0 Å². The van der Waals surface area contributed by atoms with Crippen molar-refractivity contribution < 1.29 is 4.79 Å². The molecule has 112 valence electrons. The zero-order valence-electron chi connectivity index (χ0n) is 11.7. The molecule has 5 heteroatoms. The Morgan fingerprint density at radius 1 is 1.50 bits per heavy atom. The Morgan fingerprint density at radius 3 is 2.70 bits per heavy atom. The summed E-state index contributed by atoms with van der Waals surface area (Å²) in [6.45, 7) is 2.04. The smallest absolute Gasteiger partial charge is 0.237 e. The van der Waals surface area contributed by atoms with E-state index < -0.39 is 6.04 Å². The summed E-state index contributed by atoms with van der Waals surface area (Å²) < 4.78 is 1.04. The Bertz CT molecular complexity index is 463. The number of benzene rings is 1. The number of amides is 1. The van der Waals surface area contributed by atoms with Gasteiger partial charge in [0.15, 0.2) is 0 Å². The third-order valence-electron chi connectivity index (χ3n) is 3.88. The molecule has 0 aliphatic heterocycles. The monoisotopic (exact) mass is 360 g/mol. The molecule has 1 fully saturated rings. The summed E-state index contributed by atoms with van der Waals surface area (Å²) in [7, 11) is 0. The van der Waals surface area contributed by atoms with Crippen LogP contribution in [-0.4, -0.2) is 11.9 Å². The molecule has 1 atom stereocenters. The third-order valence-corrected chi connectivity index (χ3v) is 4.38. The van der Waals surface area contributed by atoms with E-state index in [-0.39, 0.29) is 23.9 Å². The number of nitrogens with two attached hydrogens (primary N) is 1. The second-order valence-electron chi connectivity index (χ2n) is 5.33. The number of carbonyl (C=O) groups excluding carboxylic acids is 1. The lowest BCUT2D eigenvalue weighted by Crippen LogP contribution is -2.55. The molecule has 20 heavy (non-hydrogen) atoms. The Hall–Kier alpha value is -0.580. The lowest BCUT2D eigenvalue weighted by molar-refractivity contribution is -0.125. The molecule has 1 unspecified atom stereocenters. The fourth-order valence-electron chi connectivity index (χ4n) is 2.57. The van der Waals surface area contributed by atoms with Gasteiger partial charge in [0.25, 0.3) is 0 Å². The normalized spacial score (nSPS) is 17.6. The van der Waals surface area contributed by atoms with Crippen molar-refractivity contribution >= 4 is 34.2 Å². The molecule has 0 radical (unpaired) electrons. The molecular formula is C15H22BrClN2O. The predicted molar refractivity (Wildman–Crippen MR) is 87.9 cm³/mol. The molecule has 0 spiro atoms. The quantitative estimate of drug-likeness (QED) is 0.843. The molecule has 1 aliphatic rings. The van der Waals surface area contributed by atoms with Gasteiger partial charge in [0, 0.05) is 4.47 Å². The van der Waals surface area contributed by atoms with Crippen LogP contribution in [0.5, 0.6) is 0 Å². The first kappa shape index (κ1) is 17.5. The van der Waals surface area contributed by atoms with Crippen molar-refractivity contribution in [1.29, 1.82) is 0 Å². The van der Waals surface area contributed by atoms with Gasteiger partial charge in [0.05, 0.1) is 11.6 Å². The average molecular weight is 362 g/mol. The molecule has 1 aliphatic carbocycles. The SMILES string of the molecule is CCCC(N)C(=O)NC1(c2cccc(Br)c2)CCC1.Cl. The first-order chi connectivity index (χ1) is 9.07. The van der Waals surface area contributed by atoms with Gasteiger partial charge in [-0.15, -0.1) is 12.4 Å². The molecule has 0 heterocycles. The summed E-state index contributed by atoms with van der Waals surface area (Å²) >= 11 is 3.49. The number of hydrogen-bond acceptors (Lipinski definition) is 2. The molecular weight excluding hydrogens is 340 g/mol. The van der Waals surface area contributed by atoms with Gasteiger partial charge in [0.1, 0.15) is 0 Å². The summed E-state index contributed by atoms with van der Waals surface area (Å²) in [4.78, 5) is 12.2. The van der Waals surface area contributed by atoms with E-state index in [1.165, 1.54) is 5.56 Å². The summed E-state index contributed by atoms with van der Waals surface area (Å²) in [6, 6.07) is 7.79. The van der Waals surface area contributed by atoms with Crippen molar-refractivity contribution in [3.05, 3.63) is 34.3 Å². The van der Waals surface area contributed by atoms with E-state index in [1.807, 2.05) is 19.1 Å². The Kier molecular flexibility index (Phi) is 6.49. The summed E-state index contributed by atoms with van der Waals surface area (Å²) in [6.07, 6.45) is 4.80. The van der Waals surface area contributed by atoms with Crippen LogP contribution in [0.3, 0.4) is 0 Å². The average Bonchev–Trinajstić information content (AvgIpc) is 2.33. The topological polar surface area (TPSA) is 55.1 Å². The highest BCUT2D eigenvalue weighted by Crippen LogP contribution is 2.41. The van der Waals surface area contributed by atoms with Gasteiger partial charge in [-0.3, -0.25) is 4.79 Å². The van der Waals surface area contributed by atoms with Gasteiger partial charge in [-0.05, 0) is 43.4 Å². The van der Waals surface area contributed by atoms with Crippen LogP contribution in [0.15, 0.2) is 28.7 Å². The number of carbonyl (C=O) groups is 1. The van der Waals surface area contributed by atoms with E-state index in [0.29, 0.717) is 0 Å². The standard InChI is InChI=1S/C15H21BrN2O.ClH/c1-2-5-13(17)14(19)18-15(8-4-9-15)11-6-3-7-12(16)10-11;/h3,6-7,10,13H,2,4-5,8-9,17H2,1H3,(H,18,19);1H. The van der Waals surface area contributed by atoms with E-state index in [9.17, 15) is 4.79 Å². The molecule has 2 rings (SSSR count). The van der Waals surface area contributed by atoms with Crippen LogP contribution in [0.4, 0.5) is 0 Å². The van der Waals surface area contributed by atoms with Crippen LogP contribution < -0.4 is 11.1 Å². The van der Waals surface area contributed by atoms with Gasteiger partial charge in [-0.25, -0.2) is 0 Å². The number of hydrogen-bond donors (Lipinski definition) is 2. The minimum Gasteiger partial charge on any atom is -0.345 e. The second kappa shape index (κ2) is 7.43. The van der Waals surface area contributed by atoms with Crippen LogP contribution in [0.25, 0.3) is 0 Å². The molecule has 1 aromatic rings. The second-order valence-corrected chi connectivity index (χ2v) is 6.25. The first-order valence-corrected chi connectivity index (χ1v) is 7.70. The van der Waals surface area contributed by atoms with Gasteiger partial charge < -0.3 is 11.1 Å². The minimum atomic E-state index is -0.394. The highest BCUT2D eigenvalue weighted by atomic mass is 79.9. The molecule has 1 aromatic carbocycles. The fraction of sp³-hybridized carbons (Fsp3) is 0.533. The zero-order valence-corrected chi connectivity index (χ0v) is 14.1. The van der Waals surface area contributed by atoms with E-state index in [2.05, 4.69) is 33.4 Å². The van der Waals surface area contributed by atoms with Gasteiger partial charge in [-0.1, -0.05) is 41.4 Å². The summed E-state index contributed by atoms with van der Waals surface area (Å²) in [5, 5.41) is 3.17. The van der Waals surface area contributed by atoms with E-state index in [4.69, 9.17) is 5.73 Å². The van der Waals surface area contributed by atoms with Crippen molar-refractivity contribution in [2.24, 2.45) is 5.73 Å². The maximum absolute atomic E-state index is 12.2. The van der Waals surface area contributed by atoms with Crippen molar-refractivity contribution in [2.75, 3.05) is 0 Å². The zero-order chi connectivity index (χ0) is 13.9. The largest absolute Gasteiger partial charge is 0.345 e. The molecule has 3 nitrogen and oxygen atoms in total. The van der Waals surface area contributed by atoms with Crippen molar-refractivity contribution in [1.82, 2.24) is 5.32 Å². The Balaban J connectivity index is 0.00000200. The van der Waals surface area contributed by atoms with Crippen molar-refractivity contribution in [2.45, 2.75) is 50.6 Å². The molecule has 3 N–H and O–H groups in total. The molecule has 1 amide bonds. The number of rotatable bonds is 5. The maximum Gasteiger partial charge on any atom is 0.237 e. The van der Waals surface area contributed by atoms with Crippen LogP contribution in [0.1, 0.15) is 44.6 Å². The lowest BCUT2D eigenvalue weighted by atomic mass is 9.71. The van der Waals surface area contributed by atoms with Crippen LogP contribution >= 0.6 is 28.3 Å². The molecule has 0 aromatic heterocycles. The number of nitrogens with one attached hydrogen (secondary N) is 1. The highest BCUT2D eigenvalue weighted by molar-refractivity contribution is 9.10. The molecule has 1 saturated carbocycles. The summed E-state index contributed by atoms with van der Waals surface area (Å²) in [5.41, 5.74) is 6.87. The third kappa shape index (κ3) is 3.74. The van der Waals surface area contributed by atoms with Gasteiger partial charge >= 0.3 is 0 Å². The lowest BCUT2D eigenvalue weighted by Gasteiger charge is -2.43.